The number of pyridine rings is 1. The molecule has 27 heavy (non-hydrogen) atoms. The highest BCUT2D eigenvalue weighted by atomic mass is 16.5. The molecule has 1 saturated heterocycles. The molecule has 3 heterocycles. The van der Waals surface area contributed by atoms with Gasteiger partial charge in [-0.05, 0) is 59.9 Å². The topological polar surface area (TPSA) is 65.7 Å². The number of carbonyl (C=O) groups excluding carboxylic acids is 1. The maximum absolute atomic E-state index is 13.5. The van der Waals surface area contributed by atoms with Gasteiger partial charge in [0.15, 0.2) is 0 Å². The molecular formula is C20H31N5O2. The van der Waals surface area contributed by atoms with E-state index in [1.54, 1.807) is 0 Å². The Morgan fingerprint density at radius 1 is 1.33 bits per heavy atom. The van der Waals surface area contributed by atoms with Crippen molar-refractivity contribution in [1.29, 1.82) is 0 Å². The average Bonchev–Trinajstić information content (AvgIpc) is 3.23. The molecule has 2 aromatic heterocycles. The number of hydrogen-bond acceptors (Lipinski definition) is 6. The van der Waals surface area contributed by atoms with Crippen molar-refractivity contribution in [1.82, 2.24) is 24.8 Å². The van der Waals surface area contributed by atoms with Crippen LogP contribution in [0.15, 0.2) is 10.6 Å². The lowest BCUT2D eigenvalue weighted by molar-refractivity contribution is 0.0696. The monoisotopic (exact) mass is 373 g/mol. The Hall–Kier alpha value is -1.99. The molecule has 0 radical (unpaired) electrons. The largest absolute Gasteiger partial charge is 0.336 e. The first-order chi connectivity index (χ1) is 12.9. The number of carbonyl (C=O) groups is 1. The predicted molar refractivity (Wildman–Crippen MR) is 106 cm³/mol. The van der Waals surface area contributed by atoms with E-state index in [0.29, 0.717) is 29.6 Å². The van der Waals surface area contributed by atoms with E-state index in [9.17, 15) is 4.79 Å². The summed E-state index contributed by atoms with van der Waals surface area (Å²) in [4.78, 5) is 24.5. The summed E-state index contributed by atoms with van der Waals surface area (Å²) in [5, 5.41) is 4.75. The lowest BCUT2D eigenvalue weighted by Crippen LogP contribution is -2.45. The third-order valence-corrected chi connectivity index (χ3v) is 5.42. The van der Waals surface area contributed by atoms with Gasteiger partial charge < -0.3 is 14.3 Å². The third kappa shape index (κ3) is 4.30. The second-order valence-corrected chi connectivity index (χ2v) is 7.74. The molecule has 1 fully saturated rings. The van der Waals surface area contributed by atoms with Crippen LogP contribution >= 0.6 is 0 Å². The van der Waals surface area contributed by atoms with E-state index in [-0.39, 0.29) is 5.91 Å². The van der Waals surface area contributed by atoms with Gasteiger partial charge in [0.1, 0.15) is 0 Å². The zero-order valence-corrected chi connectivity index (χ0v) is 17.2. The van der Waals surface area contributed by atoms with Gasteiger partial charge in [-0.1, -0.05) is 12.1 Å². The second kappa shape index (κ2) is 8.35. The molecule has 0 saturated carbocycles. The summed E-state index contributed by atoms with van der Waals surface area (Å²) >= 11 is 0. The molecule has 2 aromatic rings. The fourth-order valence-corrected chi connectivity index (χ4v) is 3.93. The second-order valence-electron chi connectivity index (χ2n) is 7.74. The van der Waals surface area contributed by atoms with Crippen LogP contribution in [0.4, 0.5) is 0 Å². The van der Waals surface area contributed by atoms with Crippen molar-refractivity contribution in [3.8, 4) is 0 Å². The number of fused-ring (bicyclic) bond motifs is 1. The summed E-state index contributed by atoms with van der Waals surface area (Å²) in [6, 6.07) is 2.30. The van der Waals surface area contributed by atoms with Gasteiger partial charge in [-0.3, -0.25) is 9.69 Å². The zero-order valence-electron chi connectivity index (χ0n) is 17.2. The van der Waals surface area contributed by atoms with E-state index >= 15 is 0 Å². The average molecular weight is 374 g/mol. The van der Waals surface area contributed by atoms with Crippen molar-refractivity contribution in [2.75, 3.05) is 46.8 Å². The lowest BCUT2D eigenvalue weighted by Gasteiger charge is -2.31. The molecule has 7 nitrogen and oxygen atoms in total. The summed E-state index contributed by atoms with van der Waals surface area (Å²) in [5.41, 5.74) is 2.57. The van der Waals surface area contributed by atoms with E-state index in [1.807, 2.05) is 38.9 Å². The summed E-state index contributed by atoms with van der Waals surface area (Å²) in [7, 11) is 4.07. The number of rotatable bonds is 7. The van der Waals surface area contributed by atoms with Gasteiger partial charge in [0.2, 0.25) is 0 Å². The van der Waals surface area contributed by atoms with Gasteiger partial charge >= 0.3 is 0 Å². The lowest BCUT2D eigenvalue weighted by atomic mass is 10.1. The Bertz CT molecular complexity index is 801. The van der Waals surface area contributed by atoms with Crippen LogP contribution in [0.5, 0.6) is 0 Å². The molecular weight excluding hydrogens is 342 g/mol. The van der Waals surface area contributed by atoms with Crippen LogP contribution in [-0.2, 0) is 0 Å². The van der Waals surface area contributed by atoms with Crippen molar-refractivity contribution in [2.45, 2.75) is 39.7 Å². The number of likely N-dealkylation sites (N-methyl/N-ethyl adjacent to an activating group) is 2. The minimum atomic E-state index is 0.0432. The van der Waals surface area contributed by atoms with Crippen molar-refractivity contribution in [3.63, 3.8) is 0 Å². The molecule has 1 unspecified atom stereocenters. The maximum atomic E-state index is 13.5. The normalized spacial score (nSPS) is 17.9. The van der Waals surface area contributed by atoms with Gasteiger partial charge in [0.05, 0.1) is 16.6 Å². The molecule has 148 valence electrons. The Labute approximate surface area is 161 Å². The summed E-state index contributed by atoms with van der Waals surface area (Å²) in [6.07, 6.45) is 2.36. The smallest absolute Gasteiger partial charge is 0.258 e. The van der Waals surface area contributed by atoms with Gasteiger partial charge in [0.25, 0.3) is 11.6 Å². The first kappa shape index (κ1) is 19.8. The van der Waals surface area contributed by atoms with Crippen LogP contribution in [0.2, 0.25) is 0 Å². The molecule has 0 aliphatic carbocycles. The molecule has 0 bridgehead atoms. The Kier molecular flexibility index (Phi) is 6.11. The highest BCUT2D eigenvalue weighted by Gasteiger charge is 2.29. The molecule has 1 amide bonds. The van der Waals surface area contributed by atoms with E-state index in [1.165, 1.54) is 6.42 Å². The maximum Gasteiger partial charge on any atom is 0.258 e. The van der Waals surface area contributed by atoms with Gasteiger partial charge in [-0.25, -0.2) is 4.98 Å². The summed E-state index contributed by atoms with van der Waals surface area (Å²) in [5.74, 6) is 0.0432. The van der Waals surface area contributed by atoms with E-state index in [0.717, 1.165) is 43.7 Å². The van der Waals surface area contributed by atoms with Gasteiger partial charge in [0, 0.05) is 31.4 Å². The van der Waals surface area contributed by atoms with Crippen molar-refractivity contribution in [2.24, 2.45) is 0 Å². The molecule has 0 spiro atoms. The fourth-order valence-electron chi connectivity index (χ4n) is 3.93. The first-order valence-corrected chi connectivity index (χ1v) is 9.82. The van der Waals surface area contributed by atoms with Crippen molar-refractivity contribution >= 4 is 17.0 Å². The van der Waals surface area contributed by atoms with Crippen LogP contribution in [0.1, 0.15) is 41.5 Å². The number of nitrogens with zero attached hydrogens (tertiary/aromatic N) is 5. The van der Waals surface area contributed by atoms with Crippen LogP contribution in [0, 0.1) is 13.8 Å². The van der Waals surface area contributed by atoms with Crippen LogP contribution < -0.4 is 0 Å². The van der Waals surface area contributed by atoms with Gasteiger partial charge in [-0.2, -0.15) is 0 Å². The Morgan fingerprint density at radius 2 is 2.11 bits per heavy atom. The number of hydrogen-bond donors (Lipinski definition) is 0. The summed E-state index contributed by atoms with van der Waals surface area (Å²) in [6.45, 7) is 10.4. The van der Waals surface area contributed by atoms with Crippen LogP contribution in [0.25, 0.3) is 11.1 Å². The third-order valence-electron chi connectivity index (χ3n) is 5.42. The number of aromatic nitrogens is 2. The van der Waals surface area contributed by atoms with Crippen LogP contribution in [-0.4, -0.2) is 83.6 Å². The summed E-state index contributed by atoms with van der Waals surface area (Å²) < 4.78 is 5.32. The Morgan fingerprint density at radius 3 is 2.81 bits per heavy atom. The quantitative estimate of drug-likeness (QED) is 0.742. The number of amides is 1. The van der Waals surface area contributed by atoms with E-state index in [4.69, 9.17) is 4.52 Å². The number of likely N-dealkylation sites (tertiary alicyclic amines) is 1. The molecule has 1 aliphatic rings. The van der Waals surface area contributed by atoms with Crippen LogP contribution in [0.3, 0.4) is 0 Å². The van der Waals surface area contributed by atoms with Crippen molar-refractivity contribution in [3.05, 3.63) is 23.0 Å². The van der Waals surface area contributed by atoms with Gasteiger partial charge in [-0.15, -0.1) is 0 Å². The fraction of sp³-hybridized carbons (Fsp3) is 0.650. The predicted octanol–water partition coefficient (Wildman–Crippen LogP) is 2.33. The van der Waals surface area contributed by atoms with Crippen molar-refractivity contribution < 1.29 is 9.32 Å². The highest BCUT2D eigenvalue weighted by Crippen LogP contribution is 2.24. The SMILES string of the molecule is CCN1CCCC1CN(CCN(C)C)C(=O)c1cc(C)nc2onc(C)c12. The molecule has 1 atom stereocenters. The molecule has 1 aliphatic heterocycles. The molecule has 7 heteroatoms. The highest BCUT2D eigenvalue weighted by molar-refractivity contribution is 6.06. The molecule has 0 aromatic carbocycles. The molecule has 0 N–H and O–H groups in total. The standard InChI is InChI=1S/C20H31N5O2/c1-6-24-9-7-8-16(24)13-25(11-10-23(4)5)20(26)17-12-14(2)21-19-18(17)15(3)22-27-19/h12,16H,6-11,13H2,1-5H3. The zero-order chi connectivity index (χ0) is 19.6. The van der Waals surface area contributed by atoms with E-state index in [2.05, 4.69) is 26.9 Å². The number of aryl methyl sites for hydroxylation is 2. The first-order valence-electron chi connectivity index (χ1n) is 9.82. The minimum absolute atomic E-state index is 0.0432. The Balaban J connectivity index is 1.91. The minimum Gasteiger partial charge on any atom is -0.336 e. The van der Waals surface area contributed by atoms with E-state index < -0.39 is 0 Å². The molecule has 3 rings (SSSR count).